The Bertz CT molecular complexity index is 274. The summed E-state index contributed by atoms with van der Waals surface area (Å²) >= 11 is 0. The van der Waals surface area contributed by atoms with E-state index in [0.29, 0.717) is 5.92 Å². The van der Waals surface area contributed by atoms with Crippen molar-refractivity contribution in [2.75, 3.05) is 0 Å². The predicted octanol–water partition coefficient (Wildman–Crippen LogP) is 4.67. The number of hydrogen-bond donors (Lipinski definition) is 0. The molecule has 0 spiro atoms. The van der Waals surface area contributed by atoms with Crippen LogP contribution in [0.5, 0.6) is 0 Å². The Morgan fingerprint density at radius 3 is 1.93 bits per heavy atom. The molecule has 14 heavy (non-hydrogen) atoms. The quantitative estimate of drug-likeness (QED) is 0.436. The standard InChI is InChI=1S/C14H22/c1-8-13(11(4)5)14(12(6)7)9-10(2)3/h8,12H,1-2,4,9H2,3,5-7H3/b14-13-. The first kappa shape index (κ1) is 13.0. The molecule has 0 aliphatic heterocycles. The highest BCUT2D eigenvalue weighted by Gasteiger charge is 2.09. The molecule has 0 aromatic carbocycles. The number of rotatable bonds is 5. The van der Waals surface area contributed by atoms with E-state index in [1.165, 1.54) is 16.7 Å². The van der Waals surface area contributed by atoms with Crippen LogP contribution < -0.4 is 0 Å². The topological polar surface area (TPSA) is 0 Å². The van der Waals surface area contributed by atoms with E-state index >= 15 is 0 Å². The van der Waals surface area contributed by atoms with Crippen molar-refractivity contribution in [1.82, 2.24) is 0 Å². The summed E-state index contributed by atoms with van der Waals surface area (Å²) in [4.78, 5) is 0. The monoisotopic (exact) mass is 190 g/mol. The third kappa shape index (κ3) is 3.78. The van der Waals surface area contributed by atoms with Crippen molar-refractivity contribution in [1.29, 1.82) is 0 Å². The van der Waals surface area contributed by atoms with Crippen LogP contribution in [0, 0.1) is 5.92 Å². The molecule has 0 amide bonds. The van der Waals surface area contributed by atoms with E-state index in [4.69, 9.17) is 0 Å². The Morgan fingerprint density at radius 2 is 1.71 bits per heavy atom. The highest BCUT2D eigenvalue weighted by Crippen LogP contribution is 2.26. The van der Waals surface area contributed by atoms with Crippen LogP contribution in [0.1, 0.15) is 34.1 Å². The average Bonchev–Trinajstić information content (AvgIpc) is 2.02. The first-order chi connectivity index (χ1) is 6.40. The van der Waals surface area contributed by atoms with Crippen molar-refractivity contribution in [3.05, 3.63) is 48.1 Å². The van der Waals surface area contributed by atoms with Crippen molar-refractivity contribution in [3.8, 4) is 0 Å². The Kier molecular flexibility index (Phi) is 5.22. The van der Waals surface area contributed by atoms with Gasteiger partial charge in [-0.15, -0.1) is 0 Å². The largest absolute Gasteiger partial charge is 0.0998 e. The van der Waals surface area contributed by atoms with Crippen molar-refractivity contribution in [3.63, 3.8) is 0 Å². The maximum atomic E-state index is 3.98. The van der Waals surface area contributed by atoms with Gasteiger partial charge in [0.1, 0.15) is 0 Å². The maximum Gasteiger partial charge on any atom is -0.0102 e. The molecule has 0 nitrogen and oxygen atoms in total. The van der Waals surface area contributed by atoms with Crippen molar-refractivity contribution in [2.45, 2.75) is 34.1 Å². The van der Waals surface area contributed by atoms with Crippen LogP contribution in [0.15, 0.2) is 48.1 Å². The summed E-state index contributed by atoms with van der Waals surface area (Å²) in [5.74, 6) is 0.524. The van der Waals surface area contributed by atoms with Crippen LogP contribution in [0.4, 0.5) is 0 Å². The predicted molar refractivity (Wildman–Crippen MR) is 66.3 cm³/mol. The highest BCUT2D eigenvalue weighted by atomic mass is 14.1. The molecule has 0 rings (SSSR count). The Morgan fingerprint density at radius 1 is 1.21 bits per heavy atom. The SMILES string of the molecule is C=C/C(C(=C)C)=C(\CC(=C)C)C(C)C. The molecule has 0 saturated heterocycles. The minimum Gasteiger partial charge on any atom is -0.0998 e. The lowest BCUT2D eigenvalue weighted by Crippen LogP contribution is -2.00. The lowest BCUT2D eigenvalue weighted by molar-refractivity contribution is 0.731. The third-order valence-corrected chi connectivity index (χ3v) is 2.20. The third-order valence-electron chi connectivity index (χ3n) is 2.20. The van der Waals surface area contributed by atoms with Gasteiger partial charge in [-0.05, 0) is 31.8 Å². The van der Waals surface area contributed by atoms with Gasteiger partial charge in [-0.1, -0.05) is 56.4 Å². The minimum absolute atomic E-state index is 0.524. The molecule has 0 atom stereocenters. The summed E-state index contributed by atoms with van der Waals surface area (Å²) in [7, 11) is 0. The second-order valence-corrected chi connectivity index (χ2v) is 4.21. The van der Waals surface area contributed by atoms with Crippen LogP contribution in [0.2, 0.25) is 0 Å². The van der Waals surface area contributed by atoms with Crippen LogP contribution in [0.3, 0.4) is 0 Å². The number of allylic oxidation sites excluding steroid dienone is 5. The van der Waals surface area contributed by atoms with Crippen LogP contribution in [0.25, 0.3) is 0 Å². The molecule has 78 valence electrons. The van der Waals surface area contributed by atoms with Gasteiger partial charge in [0, 0.05) is 0 Å². The molecular formula is C14H22. The normalized spacial score (nSPS) is 12.4. The van der Waals surface area contributed by atoms with E-state index in [-0.39, 0.29) is 0 Å². The van der Waals surface area contributed by atoms with Crippen molar-refractivity contribution >= 4 is 0 Å². The Balaban J connectivity index is 5.20. The van der Waals surface area contributed by atoms with E-state index < -0.39 is 0 Å². The minimum atomic E-state index is 0.524. The number of hydrogen-bond acceptors (Lipinski definition) is 0. The maximum absolute atomic E-state index is 3.98. The van der Waals surface area contributed by atoms with Gasteiger partial charge in [-0.25, -0.2) is 0 Å². The van der Waals surface area contributed by atoms with Gasteiger partial charge in [-0.3, -0.25) is 0 Å². The summed E-state index contributed by atoms with van der Waals surface area (Å²) < 4.78 is 0. The second-order valence-electron chi connectivity index (χ2n) is 4.21. The average molecular weight is 190 g/mol. The van der Waals surface area contributed by atoms with E-state index in [9.17, 15) is 0 Å². The molecule has 0 bridgehead atoms. The summed E-state index contributed by atoms with van der Waals surface area (Å²) in [6, 6.07) is 0. The molecule has 0 aromatic heterocycles. The van der Waals surface area contributed by atoms with E-state index in [0.717, 1.165) is 12.0 Å². The molecule has 0 unspecified atom stereocenters. The van der Waals surface area contributed by atoms with Crippen LogP contribution in [-0.2, 0) is 0 Å². The van der Waals surface area contributed by atoms with E-state index in [1.54, 1.807) is 0 Å². The van der Waals surface area contributed by atoms with Gasteiger partial charge < -0.3 is 0 Å². The first-order valence-corrected chi connectivity index (χ1v) is 5.05. The summed E-state index contributed by atoms with van der Waals surface area (Å²) in [6.07, 6.45) is 2.85. The molecule has 0 N–H and O–H groups in total. The molecule has 0 radical (unpaired) electrons. The van der Waals surface area contributed by atoms with Gasteiger partial charge in [-0.2, -0.15) is 0 Å². The van der Waals surface area contributed by atoms with Crippen molar-refractivity contribution < 1.29 is 0 Å². The molecule has 0 fully saturated rings. The van der Waals surface area contributed by atoms with Gasteiger partial charge in [0.2, 0.25) is 0 Å². The Labute approximate surface area is 88.7 Å². The fraction of sp³-hybridized carbons (Fsp3) is 0.429. The highest BCUT2D eigenvalue weighted by molar-refractivity contribution is 5.41. The molecule has 0 saturated carbocycles. The smallest absolute Gasteiger partial charge is 0.0102 e. The zero-order valence-electron chi connectivity index (χ0n) is 9.98. The summed E-state index contributed by atoms with van der Waals surface area (Å²) in [6.45, 7) is 20.3. The fourth-order valence-corrected chi connectivity index (χ4v) is 1.51. The molecule has 0 aliphatic rings. The molecular weight excluding hydrogens is 168 g/mol. The molecule has 0 aliphatic carbocycles. The molecule has 0 heterocycles. The first-order valence-electron chi connectivity index (χ1n) is 5.05. The van der Waals surface area contributed by atoms with Gasteiger partial charge in [0.05, 0.1) is 0 Å². The summed E-state index contributed by atoms with van der Waals surface area (Å²) in [5, 5.41) is 0. The van der Waals surface area contributed by atoms with Gasteiger partial charge >= 0.3 is 0 Å². The summed E-state index contributed by atoms with van der Waals surface area (Å²) in [5.41, 5.74) is 4.86. The van der Waals surface area contributed by atoms with Gasteiger partial charge in [0.25, 0.3) is 0 Å². The molecule has 0 heteroatoms. The lowest BCUT2D eigenvalue weighted by atomic mass is 9.89. The lowest BCUT2D eigenvalue weighted by Gasteiger charge is -2.16. The van der Waals surface area contributed by atoms with Crippen LogP contribution >= 0.6 is 0 Å². The zero-order chi connectivity index (χ0) is 11.3. The fourth-order valence-electron chi connectivity index (χ4n) is 1.51. The zero-order valence-corrected chi connectivity index (χ0v) is 9.98. The Hall–Kier alpha value is -1.04. The van der Waals surface area contributed by atoms with Gasteiger partial charge in [0.15, 0.2) is 0 Å². The van der Waals surface area contributed by atoms with Crippen molar-refractivity contribution in [2.24, 2.45) is 5.92 Å². The van der Waals surface area contributed by atoms with Crippen LogP contribution in [-0.4, -0.2) is 0 Å². The second kappa shape index (κ2) is 5.64. The van der Waals surface area contributed by atoms with E-state index in [1.807, 2.05) is 13.0 Å². The van der Waals surface area contributed by atoms with E-state index in [2.05, 4.69) is 40.5 Å². The molecule has 0 aromatic rings.